The van der Waals surface area contributed by atoms with E-state index in [1.807, 2.05) is 6.08 Å². The maximum absolute atomic E-state index is 6.09. The first-order chi connectivity index (χ1) is 7.33. The van der Waals surface area contributed by atoms with Crippen molar-refractivity contribution in [3.05, 3.63) is 12.7 Å². The number of ether oxygens (including phenoxy) is 1. The van der Waals surface area contributed by atoms with Crippen LogP contribution in [0.2, 0.25) is 0 Å². The van der Waals surface area contributed by atoms with Crippen LogP contribution < -0.4 is 5.73 Å². The van der Waals surface area contributed by atoms with E-state index in [0.29, 0.717) is 6.04 Å². The molecule has 2 N–H and O–H groups in total. The molecule has 1 heterocycles. The third-order valence-corrected chi connectivity index (χ3v) is 3.14. The Morgan fingerprint density at radius 1 is 1.40 bits per heavy atom. The smallest absolute Gasteiger partial charge is 0.0495 e. The van der Waals surface area contributed by atoms with Crippen LogP contribution in [0.1, 0.15) is 44.9 Å². The van der Waals surface area contributed by atoms with E-state index in [1.165, 1.54) is 32.1 Å². The molecular weight excluding hydrogens is 186 g/mol. The molecule has 15 heavy (non-hydrogen) atoms. The number of allylic oxidation sites excluding steroid dienone is 1. The molecule has 1 rings (SSSR count). The highest BCUT2D eigenvalue weighted by Crippen LogP contribution is 2.19. The average molecular weight is 211 g/mol. The molecule has 2 nitrogen and oxygen atoms in total. The maximum Gasteiger partial charge on any atom is 0.0495 e. The zero-order valence-corrected chi connectivity index (χ0v) is 9.79. The lowest BCUT2D eigenvalue weighted by molar-refractivity contribution is 0.182. The van der Waals surface area contributed by atoms with Crippen molar-refractivity contribution in [3.8, 4) is 0 Å². The van der Waals surface area contributed by atoms with Gasteiger partial charge in [-0.1, -0.05) is 18.9 Å². The van der Waals surface area contributed by atoms with E-state index >= 15 is 0 Å². The van der Waals surface area contributed by atoms with Gasteiger partial charge in [0, 0.05) is 19.3 Å². The minimum Gasteiger partial charge on any atom is -0.381 e. The number of unbranched alkanes of at least 4 members (excludes halogenated alkanes) is 3. The quantitative estimate of drug-likeness (QED) is 0.495. The number of hydrogen-bond donors (Lipinski definition) is 1. The van der Waals surface area contributed by atoms with Gasteiger partial charge in [0.25, 0.3) is 0 Å². The molecule has 0 amide bonds. The van der Waals surface area contributed by atoms with Crippen LogP contribution in [-0.2, 0) is 4.74 Å². The van der Waals surface area contributed by atoms with E-state index in [0.717, 1.165) is 32.0 Å². The fourth-order valence-corrected chi connectivity index (χ4v) is 2.19. The molecule has 1 fully saturated rings. The van der Waals surface area contributed by atoms with Gasteiger partial charge in [0.2, 0.25) is 0 Å². The maximum atomic E-state index is 6.09. The molecule has 2 atom stereocenters. The first-order valence-corrected chi connectivity index (χ1v) is 6.27. The van der Waals surface area contributed by atoms with E-state index < -0.39 is 0 Å². The second-order valence-corrected chi connectivity index (χ2v) is 4.65. The lowest BCUT2D eigenvalue weighted by atomic mass is 9.96. The van der Waals surface area contributed by atoms with E-state index in [4.69, 9.17) is 10.5 Å². The molecule has 0 bridgehead atoms. The summed E-state index contributed by atoms with van der Waals surface area (Å²) in [5.74, 6) is 0.730. The molecule has 1 aliphatic rings. The third kappa shape index (κ3) is 5.95. The predicted molar refractivity (Wildman–Crippen MR) is 64.8 cm³/mol. The van der Waals surface area contributed by atoms with Crippen LogP contribution in [0.4, 0.5) is 0 Å². The highest BCUT2D eigenvalue weighted by molar-refractivity contribution is 4.72. The summed E-state index contributed by atoms with van der Waals surface area (Å²) in [6.45, 7) is 5.60. The Morgan fingerprint density at radius 3 is 2.93 bits per heavy atom. The van der Waals surface area contributed by atoms with Crippen LogP contribution in [0.15, 0.2) is 12.7 Å². The minimum atomic E-state index is 0.389. The topological polar surface area (TPSA) is 35.2 Å². The van der Waals surface area contributed by atoms with Crippen molar-refractivity contribution in [2.45, 2.75) is 51.0 Å². The summed E-state index contributed by atoms with van der Waals surface area (Å²) >= 11 is 0. The van der Waals surface area contributed by atoms with Crippen LogP contribution in [0.3, 0.4) is 0 Å². The first kappa shape index (κ1) is 12.7. The largest absolute Gasteiger partial charge is 0.381 e. The van der Waals surface area contributed by atoms with Crippen LogP contribution in [0.5, 0.6) is 0 Å². The van der Waals surface area contributed by atoms with Crippen molar-refractivity contribution in [2.24, 2.45) is 11.7 Å². The fourth-order valence-electron chi connectivity index (χ4n) is 2.19. The van der Waals surface area contributed by atoms with Crippen molar-refractivity contribution >= 4 is 0 Å². The first-order valence-electron chi connectivity index (χ1n) is 6.27. The molecule has 1 aliphatic heterocycles. The van der Waals surface area contributed by atoms with Gasteiger partial charge in [-0.05, 0) is 38.0 Å². The number of hydrogen-bond acceptors (Lipinski definition) is 2. The molecule has 0 saturated carbocycles. The van der Waals surface area contributed by atoms with Gasteiger partial charge in [-0.3, -0.25) is 0 Å². The van der Waals surface area contributed by atoms with Crippen LogP contribution in [0.25, 0.3) is 0 Å². The van der Waals surface area contributed by atoms with Crippen LogP contribution in [0, 0.1) is 5.92 Å². The van der Waals surface area contributed by atoms with Gasteiger partial charge in [0.1, 0.15) is 0 Å². The minimum absolute atomic E-state index is 0.389. The number of rotatable bonds is 8. The molecule has 0 radical (unpaired) electrons. The Hall–Kier alpha value is -0.340. The summed E-state index contributed by atoms with van der Waals surface area (Å²) < 4.78 is 5.35. The average Bonchev–Trinajstić information content (AvgIpc) is 2.70. The van der Waals surface area contributed by atoms with Crippen molar-refractivity contribution < 1.29 is 4.74 Å². The summed E-state index contributed by atoms with van der Waals surface area (Å²) in [4.78, 5) is 0. The van der Waals surface area contributed by atoms with Crippen molar-refractivity contribution in [1.29, 1.82) is 0 Å². The lowest BCUT2D eigenvalue weighted by Crippen LogP contribution is -2.23. The Bertz CT molecular complexity index is 164. The lowest BCUT2D eigenvalue weighted by Gasteiger charge is -2.14. The zero-order chi connectivity index (χ0) is 10.9. The van der Waals surface area contributed by atoms with Crippen molar-refractivity contribution in [1.82, 2.24) is 0 Å². The van der Waals surface area contributed by atoms with E-state index in [9.17, 15) is 0 Å². The Morgan fingerprint density at radius 2 is 2.27 bits per heavy atom. The summed E-state index contributed by atoms with van der Waals surface area (Å²) in [5.41, 5.74) is 6.09. The van der Waals surface area contributed by atoms with Gasteiger partial charge in [-0.15, -0.1) is 6.58 Å². The summed E-state index contributed by atoms with van der Waals surface area (Å²) in [6.07, 6.45) is 10.5. The van der Waals surface area contributed by atoms with Gasteiger partial charge in [-0.25, -0.2) is 0 Å². The normalized spacial score (nSPS) is 22.9. The standard InChI is InChI=1S/C13H25NO/c1-2-3-4-5-6-7-13(14)10-12-8-9-15-11-12/h2,12-13H,1,3-11,14H2. The predicted octanol–water partition coefficient (Wildman–Crippen LogP) is 2.88. The van der Waals surface area contributed by atoms with Gasteiger partial charge in [-0.2, -0.15) is 0 Å². The SMILES string of the molecule is C=CCCCCCC(N)CC1CCOC1. The summed E-state index contributed by atoms with van der Waals surface area (Å²) in [6, 6.07) is 0.389. The van der Waals surface area contributed by atoms with Gasteiger partial charge < -0.3 is 10.5 Å². The van der Waals surface area contributed by atoms with Crippen molar-refractivity contribution in [2.75, 3.05) is 13.2 Å². The molecule has 88 valence electrons. The van der Waals surface area contributed by atoms with Gasteiger partial charge >= 0.3 is 0 Å². The van der Waals surface area contributed by atoms with Gasteiger partial charge in [0.05, 0.1) is 0 Å². The van der Waals surface area contributed by atoms with E-state index in [1.54, 1.807) is 0 Å². The highest BCUT2D eigenvalue weighted by atomic mass is 16.5. The monoisotopic (exact) mass is 211 g/mol. The highest BCUT2D eigenvalue weighted by Gasteiger charge is 2.18. The number of nitrogens with two attached hydrogens (primary N) is 1. The molecule has 0 aromatic carbocycles. The molecule has 0 aromatic rings. The van der Waals surface area contributed by atoms with Crippen molar-refractivity contribution in [3.63, 3.8) is 0 Å². The molecule has 2 heteroatoms. The Balaban J connectivity index is 1.93. The third-order valence-electron chi connectivity index (χ3n) is 3.14. The zero-order valence-electron chi connectivity index (χ0n) is 9.79. The second-order valence-electron chi connectivity index (χ2n) is 4.65. The molecule has 0 aliphatic carbocycles. The summed E-state index contributed by atoms with van der Waals surface area (Å²) in [5, 5.41) is 0. The van der Waals surface area contributed by atoms with Crippen LogP contribution in [-0.4, -0.2) is 19.3 Å². The molecule has 0 aromatic heterocycles. The molecule has 2 unspecified atom stereocenters. The molecular formula is C13H25NO. The second kappa shape index (κ2) is 7.89. The molecule has 1 saturated heterocycles. The van der Waals surface area contributed by atoms with E-state index in [-0.39, 0.29) is 0 Å². The Kier molecular flexibility index (Phi) is 6.69. The van der Waals surface area contributed by atoms with Crippen LogP contribution >= 0.6 is 0 Å². The molecule has 0 spiro atoms. The van der Waals surface area contributed by atoms with Gasteiger partial charge in [0.15, 0.2) is 0 Å². The Labute approximate surface area is 93.9 Å². The van der Waals surface area contributed by atoms with E-state index in [2.05, 4.69) is 6.58 Å². The summed E-state index contributed by atoms with van der Waals surface area (Å²) in [7, 11) is 0. The fraction of sp³-hybridized carbons (Fsp3) is 0.846.